The number of nitrogens with one attached hydrogen (secondary N) is 1. The van der Waals surface area contributed by atoms with Crippen molar-refractivity contribution in [2.75, 3.05) is 0 Å². The van der Waals surface area contributed by atoms with Crippen molar-refractivity contribution in [1.82, 2.24) is 5.32 Å². The van der Waals surface area contributed by atoms with Gasteiger partial charge in [0, 0.05) is 18.0 Å². The summed E-state index contributed by atoms with van der Waals surface area (Å²) in [6, 6.07) is 6.59. The Morgan fingerprint density at radius 1 is 1.19 bits per heavy atom. The van der Waals surface area contributed by atoms with Crippen LogP contribution in [-0.4, -0.2) is 5.91 Å². The molecule has 1 fully saturated rings. The van der Waals surface area contributed by atoms with Crippen LogP contribution < -0.4 is 5.32 Å². The molecule has 1 amide bonds. The van der Waals surface area contributed by atoms with Crippen molar-refractivity contribution in [3.8, 4) is 0 Å². The van der Waals surface area contributed by atoms with E-state index in [4.69, 9.17) is 0 Å². The van der Waals surface area contributed by atoms with Gasteiger partial charge in [0.25, 0.3) is 0 Å². The number of halogens is 1. The van der Waals surface area contributed by atoms with Gasteiger partial charge in [0.05, 0.1) is 0 Å². The molecule has 0 heterocycles. The highest BCUT2D eigenvalue weighted by molar-refractivity contribution is 5.78. The molecule has 0 aromatic heterocycles. The van der Waals surface area contributed by atoms with Gasteiger partial charge < -0.3 is 5.32 Å². The van der Waals surface area contributed by atoms with Gasteiger partial charge in [-0.25, -0.2) is 4.39 Å². The highest BCUT2D eigenvalue weighted by Crippen LogP contribution is 2.39. The average molecular weight is 291 g/mol. The van der Waals surface area contributed by atoms with E-state index in [2.05, 4.69) is 26.1 Å². The molecule has 21 heavy (non-hydrogen) atoms. The number of hydrogen-bond donors (Lipinski definition) is 1. The summed E-state index contributed by atoms with van der Waals surface area (Å²) in [6.45, 7) is 7.10. The second-order valence-corrected chi connectivity index (χ2v) is 7.22. The van der Waals surface area contributed by atoms with E-state index >= 15 is 0 Å². The third kappa shape index (κ3) is 4.29. The molecule has 116 valence electrons. The molecule has 0 aliphatic heterocycles. The fraction of sp³-hybridized carbons (Fsp3) is 0.611. The van der Waals surface area contributed by atoms with E-state index in [-0.39, 0.29) is 24.2 Å². The Balaban J connectivity index is 1.82. The van der Waals surface area contributed by atoms with Crippen LogP contribution in [0.15, 0.2) is 24.3 Å². The van der Waals surface area contributed by atoms with E-state index in [9.17, 15) is 9.18 Å². The lowest BCUT2D eigenvalue weighted by atomic mass is 9.69. The Labute approximate surface area is 127 Å². The maximum Gasteiger partial charge on any atom is 0.223 e. The molecule has 1 N–H and O–H groups in total. The Morgan fingerprint density at radius 3 is 2.38 bits per heavy atom. The number of amides is 1. The Hall–Kier alpha value is -1.38. The van der Waals surface area contributed by atoms with Gasteiger partial charge in [-0.05, 0) is 43.1 Å². The Kier molecular flexibility index (Phi) is 5.02. The standard InChI is InChI=1S/C18H26FNO/c1-18(2,3)15-10-8-13(9-11-15)17(21)20-12-14-6-4-5-7-16(14)19/h4-7,13,15H,8-12H2,1-3H3,(H,20,21). The Bertz CT molecular complexity index is 484. The second kappa shape index (κ2) is 6.59. The summed E-state index contributed by atoms with van der Waals surface area (Å²) in [5.41, 5.74) is 0.878. The second-order valence-electron chi connectivity index (χ2n) is 7.22. The first-order valence-electron chi connectivity index (χ1n) is 7.89. The van der Waals surface area contributed by atoms with Gasteiger partial charge in [-0.1, -0.05) is 39.0 Å². The minimum atomic E-state index is -0.255. The smallest absolute Gasteiger partial charge is 0.223 e. The first-order chi connectivity index (χ1) is 9.88. The number of hydrogen-bond acceptors (Lipinski definition) is 1. The quantitative estimate of drug-likeness (QED) is 0.884. The lowest BCUT2D eigenvalue weighted by Crippen LogP contribution is -2.35. The van der Waals surface area contributed by atoms with Crippen molar-refractivity contribution < 1.29 is 9.18 Å². The van der Waals surface area contributed by atoms with Crippen molar-refractivity contribution in [2.24, 2.45) is 17.3 Å². The molecule has 0 saturated heterocycles. The fourth-order valence-corrected chi connectivity index (χ4v) is 3.19. The van der Waals surface area contributed by atoms with Gasteiger partial charge >= 0.3 is 0 Å². The molecular formula is C18H26FNO. The summed E-state index contributed by atoms with van der Waals surface area (Å²) in [5, 5.41) is 2.88. The van der Waals surface area contributed by atoms with Gasteiger partial charge in [-0.2, -0.15) is 0 Å². The number of carbonyl (C=O) groups excluding carboxylic acids is 1. The molecule has 1 aromatic rings. The average Bonchev–Trinajstić information content (AvgIpc) is 2.45. The molecule has 0 spiro atoms. The molecule has 1 aromatic carbocycles. The maximum atomic E-state index is 13.5. The summed E-state index contributed by atoms with van der Waals surface area (Å²) in [6.07, 6.45) is 4.12. The summed E-state index contributed by atoms with van der Waals surface area (Å²) < 4.78 is 13.5. The van der Waals surface area contributed by atoms with Crippen molar-refractivity contribution in [3.63, 3.8) is 0 Å². The van der Waals surface area contributed by atoms with E-state index in [1.165, 1.54) is 6.07 Å². The van der Waals surface area contributed by atoms with Gasteiger partial charge in [0.1, 0.15) is 5.82 Å². The highest BCUT2D eigenvalue weighted by atomic mass is 19.1. The Morgan fingerprint density at radius 2 is 1.81 bits per heavy atom. The minimum absolute atomic E-state index is 0.0746. The third-order valence-corrected chi connectivity index (χ3v) is 4.73. The van der Waals surface area contributed by atoms with Crippen LogP contribution in [0.3, 0.4) is 0 Å². The van der Waals surface area contributed by atoms with Gasteiger partial charge in [0.2, 0.25) is 5.91 Å². The predicted molar refractivity (Wildman–Crippen MR) is 83.1 cm³/mol. The number of benzene rings is 1. The third-order valence-electron chi connectivity index (χ3n) is 4.73. The van der Waals surface area contributed by atoms with Crippen molar-refractivity contribution >= 4 is 5.91 Å². The highest BCUT2D eigenvalue weighted by Gasteiger charge is 2.32. The van der Waals surface area contributed by atoms with Crippen LogP contribution >= 0.6 is 0 Å². The lowest BCUT2D eigenvalue weighted by Gasteiger charge is -2.36. The van der Waals surface area contributed by atoms with Crippen LogP contribution in [0.1, 0.15) is 52.0 Å². The lowest BCUT2D eigenvalue weighted by molar-refractivity contribution is -0.126. The van der Waals surface area contributed by atoms with Gasteiger partial charge in [-0.15, -0.1) is 0 Å². The molecule has 0 radical (unpaired) electrons. The largest absolute Gasteiger partial charge is 0.352 e. The first-order valence-corrected chi connectivity index (χ1v) is 7.89. The molecule has 3 heteroatoms. The topological polar surface area (TPSA) is 29.1 Å². The molecule has 1 saturated carbocycles. The van der Waals surface area contributed by atoms with Crippen molar-refractivity contribution in [2.45, 2.75) is 53.0 Å². The number of rotatable bonds is 3. The fourth-order valence-electron chi connectivity index (χ4n) is 3.19. The zero-order valence-corrected chi connectivity index (χ0v) is 13.3. The van der Waals surface area contributed by atoms with Gasteiger partial charge in [-0.3, -0.25) is 4.79 Å². The summed E-state index contributed by atoms with van der Waals surface area (Å²) >= 11 is 0. The zero-order chi connectivity index (χ0) is 15.5. The summed E-state index contributed by atoms with van der Waals surface area (Å²) in [4.78, 5) is 12.2. The molecule has 0 unspecified atom stereocenters. The van der Waals surface area contributed by atoms with Crippen molar-refractivity contribution in [3.05, 3.63) is 35.6 Å². The van der Waals surface area contributed by atoms with E-state index < -0.39 is 0 Å². The van der Waals surface area contributed by atoms with Crippen LogP contribution in [0, 0.1) is 23.1 Å². The van der Waals surface area contributed by atoms with Crippen LogP contribution in [0.4, 0.5) is 4.39 Å². The van der Waals surface area contributed by atoms with Crippen LogP contribution in [-0.2, 0) is 11.3 Å². The normalized spacial score (nSPS) is 22.9. The molecule has 1 aliphatic rings. The molecule has 2 rings (SSSR count). The van der Waals surface area contributed by atoms with E-state index in [1.54, 1.807) is 18.2 Å². The molecule has 1 aliphatic carbocycles. The minimum Gasteiger partial charge on any atom is -0.352 e. The molecular weight excluding hydrogens is 265 g/mol. The zero-order valence-electron chi connectivity index (χ0n) is 13.3. The summed E-state index contributed by atoms with van der Waals surface area (Å²) in [5.74, 6) is 0.614. The van der Waals surface area contributed by atoms with Crippen LogP contribution in [0.25, 0.3) is 0 Å². The molecule has 0 atom stereocenters. The SMILES string of the molecule is CC(C)(C)C1CCC(C(=O)NCc2ccccc2F)CC1. The molecule has 2 nitrogen and oxygen atoms in total. The number of carbonyl (C=O) groups is 1. The van der Waals surface area contributed by atoms with E-state index in [1.807, 2.05) is 0 Å². The molecule has 0 bridgehead atoms. The predicted octanol–water partition coefficient (Wildman–Crippen LogP) is 4.29. The van der Waals surface area contributed by atoms with E-state index in [0.29, 0.717) is 16.9 Å². The van der Waals surface area contributed by atoms with Crippen LogP contribution in [0.2, 0.25) is 0 Å². The van der Waals surface area contributed by atoms with Gasteiger partial charge in [0.15, 0.2) is 0 Å². The monoisotopic (exact) mass is 291 g/mol. The maximum absolute atomic E-state index is 13.5. The summed E-state index contributed by atoms with van der Waals surface area (Å²) in [7, 11) is 0. The van der Waals surface area contributed by atoms with Crippen LogP contribution in [0.5, 0.6) is 0 Å². The first kappa shape index (κ1) is 16.0. The van der Waals surface area contributed by atoms with E-state index in [0.717, 1.165) is 25.7 Å². The van der Waals surface area contributed by atoms with Crippen molar-refractivity contribution in [1.29, 1.82) is 0 Å².